The molecule has 1 aromatic carbocycles. The van der Waals surface area contributed by atoms with E-state index < -0.39 is 145 Å². The van der Waals surface area contributed by atoms with Gasteiger partial charge in [0.25, 0.3) is 0 Å². The van der Waals surface area contributed by atoms with Gasteiger partial charge in [0.15, 0.2) is 30.3 Å². The Labute approximate surface area is 481 Å². The highest BCUT2D eigenvalue weighted by molar-refractivity contribution is 5.91. The number of oxime groups is 1. The molecule has 0 aliphatic carbocycles. The Balaban J connectivity index is 1.71. The number of Topliss-reactive ketones (excluding diaryl/α,β-unsaturated/α-hetero) is 1. The SMILES string of the molecule is CON=C1C[C@@H](C)O[C@@H](O[C@@H]2[C@@H](C)[C@H](O[C@H]3CC(C)N(C(C)C)C[C@H](C)O3)[C@@H](C)C(=O)O[C@H]([C@@H](C)CO[C@@H]3O[C@H](C)[C@@H](O)[C@@H](OC)[C@H]3OC)[C@H](C)[C@@H](OC(=O)CC(C)C)[C@@H](C)C(=O)[C@@](C)(OC(=O)NCc3ccccc3)C[C@@H]2C)[C@@H]1O. The van der Waals surface area contributed by atoms with E-state index in [1.165, 1.54) is 21.3 Å². The van der Waals surface area contributed by atoms with Crippen molar-refractivity contribution in [2.45, 2.75) is 240 Å². The van der Waals surface area contributed by atoms with Gasteiger partial charge in [-0.25, -0.2) is 4.79 Å². The molecule has 81 heavy (non-hydrogen) atoms. The van der Waals surface area contributed by atoms with Gasteiger partial charge in [-0.1, -0.05) is 84.0 Å². The lowest BCUT2D eigenvalue weighted by Crippen LogP contribution is -2.59. The second-order valence-corrected chi connectivity index (χ2v) is 24.3. The van der Waals surface area contributed by atoms with Gasteiger partial charge in [-0.3, -0.25) is 19.3 Å². The van der Waals surface area contributed by atoms with E-state index in [0.717, 1.165) is 5.56 Å². The summed E-state index contributed by atoms with van der Waals surface area (Å²) in [6.45, 7) is 28.4. The molecule has 0 saturated carbocycles. The standard InChI is InChI=1S/C60H99N3O18/c1-31(2)24-45(64)77-51-39(11)50(34(6)30-73-58-54(71-17)53(70-16)47(65)42(14)76-58)79-56(68)41(13)52(78-46-25-35(7)63(32(3)4)29-37(9)74-46)38(10)49(80-57-48(66)44(62-72-18)26-36(8)75-57)33(5)27-60(15,55(67)40(51)12)81-59(69)61-28-43-22-20-19-21-23-43/h19-23,31-42,46-54,57-58,65-66H,24-30H2,1-18H3,(H,61,69)/t33-,34-,35?,36+,37-,38+,39-,40+,41+,42+,46-,47+,48+,49-,50+,51+,52-,53+,54+,57-,58+,60-/m0/s1. The van der Waals surface area contributed by atoms with Gasteiger partial charge in [-0.2, -0.15) is 0 Å². The minimum atomic E-state index is -1.96. The highest BCUT2D eigenvalue weighted by Gasteiger charge is 2.53. The first-order valence-corrected chi connectivity index (χ1v) is 29.3. The topological polar surface area (TPSA) is 247 Å². The van der Waals surface area contributed by atoms with E-state index in [4.69, 9.17) is 56.9 Å². The van der Waals surface area contributed by atoms with Crippen LogP contribution in [-0.4, -0.2) is 183 Å². The van der Waals surface area contributed by atoms with Crippen LogP contribution < -0.4 is 5.32 Å². The maximum Gasteiger partial charge on any atom is 0.408 e. The number of nitrogens with zero attached hydrogens (tertiary/aromatic N) is 2. The normalized spacial score (nSPS) is 38.9. The number of amides is 1. The molecule has 0 spiro atoms. The molecule has 0 radical (unpaired) electrons. The molecule has 1 unspecified atom stereocenters. The van der Waals surface area contributed by atoms with Crippen molar-refractivity contribution in [3.8, 4) is 0 Å². The van der Waals surface area contributed by atoms with Gasteiger partial charge >= 0.3 is 18.0 Å². The number of nitrogens with one attached hydrogen (secondary N) is 1. The van der Waals surface area contributed by atoms with Crippen LogP contribution in [0.1, 0.15) is 135 Å². The Morgan fingerprint density at radius 2 is 1.47 bits per heavy atom. The molecule has 22 atom stereocenters. The summed E-state index contributed by atoms with van der Waals surface area (Å²) in [6.07, 6.45) is -13.6. The second kappa shape index (κ2) is 30.8. The van der Waals surface area contributed by atoms with Gasteiger partial charge in [-0.05, 0) is 79.2 Å². The Bertz CT molecular complexity index is 2170. The van der Waals surface area contributed by atoms with E-state index in [-0.39, 0.29) is 56.5 Å². The first-order valence-electron chi connectivity index (χ1n) is 29.3. The van der Waals surface area contributed by atoms with Crippen LogP contribution in [0, 0.1) is 41.4 Å². The molecule has 4 aliphatic heterocycles. The van der Waals surface area contributed by atoms with Crippen LogP contribution in [0.15, 0.2) is 35.5 Å². The summed E-state index contributed by atoms with van der Waals surface area (Å²) in [4.78, 5) is 67.1. The van der Waals surface area contributed by atoms with Crippen LogP contribution >= 0.6 is 0 Å². The van der Waals surface area contributed by atoms with E-state index in [9.17, 15) is 19.8 Å². The Hall–Kier alpha value is -3.87. The minimum Gasteiger partial charge on any atom is -0.461 e. The van der Waals surface area contributed by atoms with Crippen molar-refractivity contribution in [3.63, 3.8) is 0 Å². The summed E-state index contributed by atoms with van der Waals surface area (Å²) >= 11 is 0. The first kappa shape index (κ1) is 67.9. The van der Waals surface area contributed by atoms with Crippen molar-refractivity contribution in [2.75, 3.05) is 34.5 Å². The molecule has 4 fully saturated rings. The number of esters is 2. The lowest BCUT2D eigenvalue weighted by Gasteiger charge is -2.45. The molecule has 4 saturated heterocycles. The fraction of sp³-hybridized carbons (Fsp3) is 0.817. The molecule has 4 heterocycles. The average Bonchev–Trinajstić information content (AvgIpc) is 3.68. The molecule has 1 aromatic rings. The fourth-order valence-electron chi connectivity index (χ4n) is 12.3. The smallest absolute Gasteiger partial charge is 0.408 e. The summed E-state index contributed by atoms with van der Waals surface area (Å²) in [7, 11) is 4.30. The van der Waals surface area contributed by atoms with E-state index in [1.54, 1.807) is 34.6 Å². The largest absolute Gasteiger partial charge is 0.461 e. The summed E-state index contributed by atoms with van der Waals surface area (Å²) in [6, 6.07) is 9.45. The van der Waals surface area contributed by atoms with Crippen molar-refractivity contribution in [1.29, 1.82) is 0 Å². The number of rotatable bonds is 18. The summed E-state index contributed by atoms with van der Waals surface area (Å²) in [5.74, 6) is -7.39. The predicted octanol–water partition coefficient (Wildman–Crippen LogP) is 6.99. The highest BCUT2D eigenvalue weighted by Crippen LogP contribution is 2.41. The fourth-order valence-corrected chi connectivity index (χ4v) is 12.3. The monoisotopic (exact) mass is 1150 g/mol. The van der Waals surface area contributed by atoms with Crippen molar-refractivity contribution in [1.82, 2.24) is 10.2 Å². The zero-order valence-corrected chi connectivity index (χ0v) is 51.4. The molecule has 1 amide bonds. The van der Waals surface area contributed by atoms with Gasteiger partial charge in [-0.15, -0.1) is 0 Å². The van der Waals surface area contributed by atoms with Gasteiger partial charge in [0.05, 0.1) is 54.7 Å². The minimum absolute atomic E-state index is 0.00402. The molecule has 0 aromatic heterocycles. The number of benzene rings is 1. The van der Waals surface area contributed by atoms with Crippen molar-refractivity contribution in [3.05, 3.63) is 35.9 Å². The van der Waals surface area contributed by atoms with Gasteiger partial charge < -0.3 is 72.5 Å². The number of carbonyl (C=O) groups is 4. The number of aliphatic hydroxyl groups excluding tert-OH is 2. The quantitative estimate of drug-likeness (QED) is 0.0762. The number of ether oxygens (including phenoxy) is 11. The lowest BCUT2D eigenvalue weighted by atomic mass is 9.74. The number of aliphatic hydroxyl groups is 2. The number of alkyl carbamates (subject to hydrolysis) is 1. The molecule has 21 nitrogen and oxygen atoms in total. The number of ketones is 1. The molecule has 4 aliphatic rings. The zero-order chi connectivity index (χ0) is 60.2. The van der Waals surface area contributed by atoms with Crippen LogP contribution in [0.5, 0.6) is 0 Å². The van der Waals surface area contributed by atoms with Crippen LogP contribution in [0.3, 0.4) is 0 Å². The van der Waals surface area contributed by atoms with Gasteiger partial charge in [0.2, 0.25) is 0 Å². The van der Waals surface area contributed by atoms with Crippen LogP contribution in [0.25, 0.3) is 0 Å². The number of cyclic esters (lactones) is 1. The molecule has 21 heteroatoms. The van der Waals surface area contributed by atoms with E-state index >= 15 is 9.59 Å². The van der Waals surface area contributed by atoms with Crippen molar-refractivity contribution < 1.29 is 86.3 Å². The number of hydrogen-bond acceptors (Lipinski definition) is 20. The van der Waals surface area contributed by atoms with E-state index in [2.05, 4.69) is 36.1 Å². The van der Waals surface area contributed by atoms with E-state index in [1.807, 2.05) is 78.8 Å². The summed E-state index contributed by atoms with van der Waals surface area (Å²) in [5.41, 5.74) is -0.876. The predicted molar refractivity (Wildman–Crippen MR) is 299 cm³/mol. The van der Waals surface area contributed by atoms with Crippen LogP contribution in [-0.2, 0) is 77.9 Å². The average molecular weight is 1150 g/mol. The Morgan fingerprint density at radius 3 is 2.09 bits per heavy atom. The maximum atomic E-state index is 15.9. The maximum absolute atomic E-state index is 15.9. The third kappa shape index (κ3) is 17.8. The van der Waals surface area contributed by atoms with Gasteiger partial charge in [0, 0.05) is 76.4 Å². The molecule has 3 N–H and O–H groups in total. The van der Waals surface area contributed by atoms with Crippen molar-refractivity contribution in [2.24, 2.45) is 46.6 Å². The molecule has 5 rings (SSSR count). The summed E-state index contributed by atoms with van der Waals surface area (Å²) < 4.78 is 70.8. The second-order valence-electron chi connectivity index (χ2n) is 24.3. The molecular formula is C60H99N3O18. The third-order valence-electron chi connectivity index (χ3n) is 16.6. The third-order valence-corrected chi connectivity index (χ3v) is 16.6. The van der Waals surface area contributed by atoms with Crippen LogP contribution in [0.2, 0.25) is 0 Å². The zero-order valence-electron chi connectivity index (χ0n) is 51.4. The Morgan fingerprint density at radius 1 is 0.802 bits per heavy atom. The Kier molecular flexibility index (Phi) is 25.8. The molecule has 0 bridgehead atoms. The van der Waals surface area contributed by atoms with E-state index in [0.29, 0.717) is 18.7 Å². The van der Waals surface area contributed by atoms with Crippen molar-refractivity contribution >= 4 is 29.5 Å². The number of hydrogen-bond donors (Lipinski definition) is 3. The summed E-state index contributed by atoms with van der Waals surface area (Å²) in [5, 5.41) is 29.8. The van der Waals surface area contributed by atoms with Gasteiger partial charge in [0.1, 0.15) is 43.7 Å². The molecular weight excluding hydrogens is 1050 g/mol. The van der Waals surface area contributed by atoms with Crippen LogP contribution in [0.4, 0.5) is 4.79 Å². The highest BCUT2D eigenvalue weighted by atomic mass is 16.7. The number of methoxy groups -OCH3 is 2. The molecule has 462 valence electrons. The number of carbonyl (C=O) groups excluding carboxylic acids is 4. The first-order chi connectivity index (χ1) is 38.1. The lowest BCUT2D eigenvalue weighted by molar-refractivity contribution is -0.305.